The molecule has 0 heterocycles. The van der Waals surface area contributed by atoms with Crippen molar-refractivity contribution in [3.63, 3.8) is 0 Å². The molecule has 0 aliphatic heterocycles. The molecular weight excluding hydrogens is 264 g/mol. The average Bonchev–Trinajstić information content (AvgIpc) is 2.21. The molecule has 5 heteroatoms. The van der Waals surface area contributed by atoms with E-state index in [9.17, 15) is 17.8 Å². The highest BCUT2D eigenvalue weighted by Gasteiger charge is 2.47. The molecule has 0 spiro atoms. The van der Waals surface area contributed by atoms with Gasteiger partial charge in [0.05, 0.1) is 5.41 Å². The van der Waals surface area contributed by atoms with Crippen LogP contribution in [-0.4, -0.2) is 24.0 Å². The first kappa shape index (κ1) is 16.1. The molecule has 108 valence electrons. The molecule has 0 saturated heterocycles. The van der Waals surface area contributed by atoms with E-state index in [-0.39, 0.29) is 5.78 Å². The van der Waals surface area contributed by atoms with E-state index in [0.29, 0.717) is 12.0 Å². The number of rotatable bonds is 5. The fraction of sp³-hybridized carbons (Fsp3) is 0.643. The average molecular weight is 286 g/mol. The SMILES string of the molecule is CCCCC(=O)C1(C)C=C(C)C=C(C)C1S(=O)(=O)O. The zero-order valence-corrected chi connectivity index (χ0v) is 12.8. The highest BCUT2D eigenvalue weighted by atomic mass is 32.2. The van der Waals surface area contributed by atoms with Crippen molar-refractivity contribution in [2.75, 3.05) is 0 Å². The molecule has 2 atom stereocenters. The Morgan fingerprint density at radius 3 is 2.47 bits per heavy atom. The van der Waals surface area contributed by atoms with Gasteiger partial charge in [0, 0.05) is 6.42 Å². The van der Waals surface area contributed by atoms with Crippen LogP contribution in [0.25, 0.3) is 0 Å². The van der Waals surface area contributed by atoms with E-state index >= 15 is 0 Å². The molecule has 0 fully saturated rings. The van der Waals surface area contributed by atoms with Gasteiger partial charge in [0.15, 0.2) is 0 Å². The van der Waals surface area contributed by atoms with Crippen molar-refractivity contribution in [3.05, 3.63) is 23.3 Å². The molecule has 0 saturated carbocycles. The Labute approximate surface area is 115 Å². The van der Waals surface area contributed by atoms with Crippen LogP contribution in [0, 0.1) is 5.41 Å². The predicted octanol–water partition coefficient (Wildman–Crippen LogP) is 2.91. The first-order valence-electron chi connectivity index (χ1n) is 6.50. The summed E-state index contributed by atoms with van der Waals surface area (Å²) < 4.78 is 32.7. The van der Waals surface area contributed by atoms with Crippen LogP contribution in [-0.2, 0) is 14.9 Å². The number of unbranched alkanes of at least 4 members (excludes halogenated alkanes) is 1. The van der Waals surface area contributed by atoms with Crippen LogP contribution in [0.2, 0.25) is 0 Å². The second kappa shape index (κ2) is 5.59. The fourth-order valence-corrected chi connectivity index (χ4v) is 4.23. The number of hydrogen-bond acceptors (Lipinski definition) is 3. The second-order valence-electron chi connectivity index (χ2n) is 5.48. The Morgan fingerprint density at radius 2 is 2.00 bits per heavy atom. The lowest BCUT2D eigenvalue weighted by Gasteiger charge is -2.35. The van der Waals surface area contributed by atoms with Crippen molar-refractivity contribution in [3.8, 4) is 0 Å². The minimum Gasteiger partial charge on any atom is -0.299 e. The van der Waals surface area contributed by atoms with Gasteiger partial charge in [0.1, 0.15) is 11.0 Å². The van der Waals surface area contributed by atoms with Crippen LogP contribution in [0.3, 0.4) is 0 Å². The van der Waals surface area contributed by atoms with Gasteiger partial charge >= 0.3 is 0 Å². The Hall–Kier alpha value is -0.940. The molecule has 0 radical (unpaired) electrons. The van der Waals surface area contributed by atoms with Gasteiger partial charge in [0.2, 0.25) is 0 Å². The predicted molar refractivity (Wildman–Crippen MR) is 75.5 cm³/mol. The van der Waals surface area contributed by atoms with E-state index in [1.54, 1.807) is 26.0 Å². The van der Waals surface area contributed by atoms with Crippen LogP contribution in [0.1, 0.15) is 47.0 Å². The van der Waals surface area contributed by atoms with Gasteiger partial charge in [-0.25, -0.2) is 0 Å². The van der Waals surface area contributed by atoms with Gasteiger partial charge < -0.3 is 0 Å². The summed E-state index contributed by atoms with van der Waals surface area (Å²) in [5.74, 6) is -0.135. The third-order valence-electron chi connectivity index (χ3n) is 3.60. The van der Waals surface area contributed by atoms with E-state index in [1.165, 1.54) is 0 Å². The summed E-state index contributed by atoms with van der Waals surface area (Å²) >= 11 is 0. The third kappa shape index (κ3) is 3.34. The first-order chi connectivity index (χ1) is 8.63. The van der Waals surface area contributed by atoms with E-state index in [0.717, 1.165) is 18.4 Å². The summed E-state index contributed by atoms with van der Waals surface area (Å²) in [4.78, 5) is 12.4. The molecular formula is C14H22O4S. The van der Waals surface area contributed by atoms with Gasteiger partial charge in [-0.3, -0.25) is 9.35 Å². The summed E-state index contributed by atoms with van der Waals surface area (Å²) in [6, 6.07) is 0. The Morgan fingerprint density at radius 1 is 1.42 bits per heavy atom. The van der Waals surface area contributed by atoms with Crippen LogP contribution in [0.4, 0.5) is 0 Å². The maximum Gasteiger partial charge on any atom is 0.272 e. The standard InChI is InChI=1S/C14H22O4S/c1-5-6-7-12(15)14(4)9-10(2)8-11(3)13(14)19(16,17)18/h8-9,13H,5-7H2,1-4H3,(H,16,17,18). The maximum absolute atomic E-state index is 12.4. The topological polar surface area (TPSA) is 71.4 Å². The lowest BCUT2D eigenvalue weighted by Crippen LogP contribution is -2.45. The Bertz CT molecular complexity index is 528. The van der Waals surface area contributed by atoms with Crippen molar-refractivity contribution >= 4 is 15.9 Å². The molecule has 0 aromatic rings. The molecule has 0 bridgehead atoms. The van der Waals surface area contributed by atoms with E-state index in [1.807, 2.05) is 13.8 Å². The maximum atomic E-state index is 12.4. The van der Waals surface area contributed by atoms with Gasteiger partial charge in [-0.2, -0.15) is 8.42 Å². The second-order valence-corrected chi connectivity index (χ2v) is 6.98. The number of allylic oxidation sites excluding steroid dienone is 3. The van der Waals surface area contributed by atoms with Crippen molar-refractivity contribution in [2.45, 2.75) is 52.2 Å². The molecule has 4 nitrogen and oxygen atoms in total. The molecule has 1 aliphatic rings. The first-order valence-corrected chi connectivity index (χ1v) is 8.00. The van der Waals surface area contributed by atoms with Gasteiger partial charge in [-0.1, -0.05) is 36.6 Å². The number of carbonyl (C=O) groups excluding carboxylic acids is 1. The molecule has 0 aromatic heterocycles. The number of ketones is 1. The highest BCUT2D eigenvalue weighted by Crippen LogP contribution is 2.40. The third-order valence-corrected chi connectivity index (χ3v) is 5.05. The minimum atomic E-state index is -4.31. The summed E-state index contributed by atoms with van der Waals surface area (Å²) in [7, 11) is -4.31. The van der Waals surface area contributed by atoms with E-state index in [2.05, 4.69) is 0 Å². The van der Waals surface area contributed by atoms with E-state index < -0.39 is 20.8 Å². The summed E-state index contributed by atoms with van der Waals surface area (Å²) in [6.45, 7) is 7.04. The van der Waals surface area contributed by atoms with Gasteiger partial charge in [-0.05, 0) is 27.2 Å². The zero-order valence-electron chi connectivity index (χ0n) is 11.9. The molecule has 1 aliphatic carbocycles. The number of Topliss-reactive ketones (excluding diaryl/α,β-unsaturated/α-hetero) is 1. The largest absolute Gasteiger partial charge is 0.299 e. The normalized spacial score (nSPS) is 27.7. The summed E-state index contributed by atoms with van der Waals surface area (Å²) in [5.41, 5.74) is 0.186. The van der Waals surface area contributed by atoms with Crippen molar-refractivity contribution in [1.82, 2.24) is 0 Å². The minimum absolute atomic E-state index is 0.135. The highest BCUT2D eigenvalue weighted by molar-refractivity contribution is 7.86. The van der Waals surface area contributed by atoms with Crippen LogP contribution >= 0.6 is 0 Å². The van der Waals surface area contributed by atoms with Crippen molar-refractivity contribution in [1.29, 1.82) is 0 Å². The van der Waals surface area contributed by atoms with E-state index in [4.69, 9.17) is 0 Å². The number of hydrogen-bond donors (Lipinski definition) is 1. The summed E-state index contributed by atoms with van der Waals surface area (Å²) in [5, 5.41) is -1.17. The van der Waals surface area contributed by atoms with Gasteiger partial charge in [-0.15, -0.1) is 0 Å². The molecule has 1 N–H and O–H groups in total. The van der Waals surface area contributed by atoms with Crippen LogP contribution in [0.5, 0.6) is 0 Å². The monoisotopic (exact) mass is 286 g/mol. The quantitative estimate of drug-likeness (QED) is 0.789. The van der Waals surface area contributed by atoms with Crippen molar-refractivity contribution in [2.24, 2.45) is 5.41 Å². The Balaban J connectivity index is 3.27. The molecule has 1 rings (SSSR count). The van der Waals surface area contributed by atoms with Crippen molar-refractivity contribution < 1.29 is 17.8 Å². The number of carbonyl (C=O) groups is 1. The molecule has 19 heavy (non-hydrogen) atoms. The molecule has 0 amide bonds. The smallest absolute Gasteiger partial charge is 0.272 e. The zero-order chi connectivity index (χ0) is 14.8. The molecule has 0 aromatic carbocycles. The Kier molecular flexibility index (Phi) is 4.74. The lowest BCUT2D eigenvalue weighted by atomic mass is 9.73. The van der Waals surface area contributed by atoms with Gasteiger partial charge in [0.25, 0.3) is 10.1 Å². The van der Waals surface area contributed by atoms with Crippen LogP contribution < -0.4 is 0 Å². The summed E-state index contributed by atoms with van der Waals surface area (Å²) in [6.07, 6.45) is 5.29. The fourth-order valence-electron chi connectivity index (χ4n) is 2.88. The lowest BCUT2D eigenvalue weighted by molar-refractivity contribution is -0.125. The van der Waals surface area contributed by atoms with Crippen LogP contribution in [0.15, 0.2) is 23.3 Å². The molecule has 2 unspecified atom stereocenters.